The maximum Gasteiger partial charge on any atom is 0.416 e. The molecule has 0 aliphatic heterocycles. The van der Waals surface area contributed by atoms with E-state index in [-0.39, 0.29) is 23.7 Å². The Morgan fingerprint density at radius 3 is 2.36 bits per heavy atom. The van der Waals surface area contributed by atoms with E-state index in [2.05, 4.69) is 15.4 Å². The Bertz CT molecular complexity index is 1610. The van der Waals surface area contributed by atoms with Crippen LogP contribution in [0.25, 0.3) is 11.4 Å². The molecule has 2 aromatic heterocycles. The fourth-order valence-corrected chi connectivity index (χ4v) is 4.18. The van der Waals surface area contributed by atoms with Gasteiger partial charge in [-0.2, -0.15) is 26.3 Å². The van der Waals surface area contributed by atoms with Gasteiger partial charge in [-0.3, -0.25) is 4.57 Å². The molecule has 224 valence electrons. The summed E-state index contributed by atoms with van der Waals surface area (Å²) in [5, 5.41) is 21.6. The lowest BCUT2D eigenvalue weighted by atomic mass is 10.00. The lowest BCUT2D eigenvalue weighted by Gasteiger charge is -2.20. The molecule has 0 fully saturated rings. The van der Waals surface area contributed by atoms with Gasteiger partial charge in [0.25, 0.3) is 0 Å². The van der Waals surface area contributed by atoms with Crippen molar-refractivity contribution in [3.05, 3.63) is 87.1 Å². The quantitative estimate of drug-likeness (QED) is 0.222. The van der Waals surface area contributed by atoms with E-state index in [9.17, 15) is 41.0 Å². The van der Waals surface area contributed by atoms with Crippen molar-refractivity contribution >= 4 is 17.6 Å². The number of aliphatic hydroxyl groups is 1. The molecule has 0 bridgehead atoms. The van der Waals surface area contributed by atoms with E-state index in [1.807, 2.05) is 0 Å². The van der Waals surface area contributed by atoms with Gasteiger partial charge in [0, 0.05) is 16.1 Å². The monoisotopic (exact) mass is 618 g/mol. The normalized spacial score (nSPS) is 13.6. The largest absolute Gasteiger partial charge is 0.464 e. The predicted octanol–water partition coefficient (Wildman–Crippen LogP) is 4.10. The summed E-state index contributed by atoms with van der Waals surface area (Å²) in [4.78, 5) is 25.9. The van der Waals surface area contributed by atoms with Crippen molar-refractivity contribution in [1.82, 2.24) is 29.3 Å². The molecule has 0 saturated heterocycles. The van der Waals surface area contributed by atoms with Gasteiger partial charge in [-0.1, -0.05) is 35.0 Å². The SMILES string of the molecule is CCOC(=O)C(c1ccccc1C(F)(F)F)n1cc(Cn2nc(-c3ccc(Cl)cc3)n(CC(O)C(F)(F)F)c2=O)nn1. The molecule has 0 amide bonds. The van der Waals surface area contributed by atoms with Crippen LogP contribution in [0, 0.1) is 0 Å². The highest BCUT2D eigenvalue weighted by molar-refractivity contribution is 6.30. The summed E-state index contributed by atoms with van der Waals surface area (Å²) >= 11 is 5.88. The minimum absolute atomic E-state index is 0.0698. The minimum atomic E-state index is -5.03. The average molecular weight is 619 g/mol. The van der Waals surface area contributed by atoms with Crippen LogP contribution in [0.15, 0.2) is 59.5 Å². The predicted molar refractivity (Wildman–Crippen MR) is 134 cm³/mol. The number of rotatable bonds is 9. The van der Waals surface area contributed by atoms with Crippen molar-refractivity contribution in [3.63, 3.8) is 0 Å². The van der Waals surface area contributed by atoms with Gasteiger partial charge in [0.1, 0.15) is 5.69 Å². The third-order valence-corrected chi connectivity index (χ3v) is 6.22. The number of benzene rings is 2. The Hall–Kier alpha value is -4.18. The van der Waals surface area contributed by atoms with Crippen LogP contribution in [-0.2, 0) is 28.8 Å². The number of ether oxygens (including phenoxy) is 1. The smallest absolute Gasteiger partial charge is 0.416 e. The molecule has 4 rings (SSSR count). The van der Waals surface area contributed by atoms with E-state index >= 15 is 0 Å². The molecule has 0 saturated carbocycles. The molecule has 0 spiro atoms. The standard InChI is InChI=1S/C25H21ClF6N6O4/c1-2-42-22(40)20(17-5-3-4-6-18(17)24(27,28)29)37-11-16(33-35-37)12-38-23(41)36(13-19(39)25(30,31)32)21(34-38)14-7-9-15(26)10-8-14/h3-11,19-20,39H,2,12-13H2,1H3. The molecule has 2 atom stereocenters. The van der Waals surface area contributed by atoms with Gasteiger partial charge in [0.15, 0.2) is 18.0 Å². The van der Waals surface area contributed by atoms with E-state index in [1.165, 1.54) is 37.3 Å². The average Bonchev–Trinajstić information content (AvgIpc) is 3.49. The van der Waals surface area contributed by atoms with E-state index < -0.39 is 60.4 Å². The Morgan fingerprint density at radius 1 is 1.07 bits per heavy atom. The number of esters is 1. The van der Waals surface area contributed by atoms with E-state index in [0.29, 0.717) is 9.59 Å². The number of halogens is 7. The second-order valence-electron chi connectivity index (χ2n) is 8.87. The van der Waals surface area contributed by atoms with Crippen LogP contribution in [0.4, 0.5) is 26.3 Å². The number of nitrogens with zero attached hydrogens (tertiary/aromatic N) is 6. The molecule has 0 radical (unpaired) electrons. The zero-order valence-electron chi connectivity index (χ0n) is 21.5. The topological polar surface area (TPSA) is 117 Å². The van der Waals surface area contributed by atoms with Gasteiger partial charge in [-0.25, -0.2) is 19.0 Å². The molecule has 0 aliphatic rings. The molecular formula is C25H21ClF6N6O4. The van der Waals surface area contributed by atoms with Crippen molar-refractivity contribution in [2.24, 2.45) is 0 Å². The summed E-state index contributed by atoms with van der Waals surface area (Å²) < 4.78 is 87.7. The van der Waals surface area contributed by atoms with E-state index in [4.69, 9.17) is 16.3 Å². The summed E-state index contributed by atoms with van der Waals surface area (Å²) in [6.07, 6.45) is -11.6. The summed E-state index contributed by atoms with van der Waals surface area (Å²) in [5.41, 5.74) is -2.49. The zero-order valence-corrected chi connectivity index (χ0v) is 22.2. The molecule has 10 nitrogen and oxygen atoms in total. The first-order valence-electron chi connectivity index (χ1n) is 12.1. The number of carbonyl (C=O) groups excluding carboxylic acids is 1. The van der Waals surface area contributed by atoms with Gasteiger partial charge in [0.2, 0.25) is 0 Å². The summed E-state index contributed by atoms with van der Waals surface area (Å²) in [7, 11) is 0. The lowest BCUT2D eigenvalue weighted by molar-refractivity contribution is -0.207. The molecule has 0 aliphatic carbocycles. The van der Waals surface area contributed by atoms with Crippen molar-refractivity contribution in [3.8, 4) is 11.4 Å². The Morgan fingerprint density at radius 2 is 1.74 bits per heavy atom. The minimum Gasteiger partial charge on any atom is -0.464 e. The first-order valence-corrected chi connectivity index (χ1v) is 12.5. The van der Waals surface area contributed by atoms with Crippen molar-refractivity contribution in [2.45, 2.75) is 44.5 Å². The van der Waals surface area contributed by atoms with Gasteiger partial charge < -0.3 is 9.84 Å². The highest BCUT2D eigenvalue weighted by Gasteiger charge is 2.40. The number of aliphatic hydroxyl groups excluding tert-OH is 1. The fourth-order valence-electron chi connectivity index (χ4n) is 4.06. The second kappa shape index (κ2) is 12.0. The molecule has 17 heteroatoms. The van der Waals surface area contributed by atoms with Crippen LogP contribution in [0.5, 0.6) is 0 Å². The third kappa shape index (κ3) is 6.65. The number of carbonyl (C=O) groups is 1. The second-order valence-corrected chi connectivity index (χ2v) is 9.30. The first-order chi connectivity index (χ1) is 19.7. The van der Waals surface area contributed by atoms with Crippen LogP contribution in [0.2, 0.25) is 5.02 Å². The Balaban J connectivity index is 1.74. The summed E-state index contributed by atoms with van der Waals surface area (Å²) in [5.74, 6) is -1.28. The van der Waals surface area contributed by atoms with Crippen molar-refractivity contribution in [2.75, 3.05) is 6.61 Å². The third-order valence-electron chi connectivity index (χ3n) is 5.96. The zero-order chi connectivity index (χ0) is 30.8. The molecule has 2 heterocycles. The molecule has 2 aromatic carbocycles. The number of hydrogen-bond acceptors (Lipinski definition) is 7. The highest BCUT2D eigenvalue weighted by Crippen LogP contribution is 2.36. The maximum absolute atomic E-state index is 13.7. The molecule has 2 unspecified atom stereocenters. The Kier molecular flexibility index (Phi) is 8.77. The van der Waals surface area contributed by atoms with Gasteiger partial charge in [0.05, 0.1) is 31.5 Å². The van der Waals surface area contributed by atoms with E-state index in [0.717, 1.165) is 33.8 Å². The number of aromatic nitrogens is 6. The lowest BCUT2D eigenvalue weighted by Crippen LogP contribution is -2.37. The van der Waals surface area contributed by atoms with Crippen molar-refractivity contribution < 1.29 is 41.0 Å². The number of hydrogen-bond donors (Lipinski definition) is 1. The molecule has 42 heavy (non-hydrogen) atoms. The van der Waals surface area contributed by atoms with Crippen LogP contribution >= 0.6 is 11.6 Å². The Labute approximate surface area is 237 Å². The summed E-state index contributed by atoms with van der Waals surface area (Å²) in [6.45, 7) is -0.347. The first kappa shape index (κ1) is 30.8. The fraction of sp³-hybridized carbons (Fsp3) is 0.320. The maximum atomic E-state index is 13.7. The van der Waals surface area contributed by atoms with Crippen molar-refractivity contribution in [1.29, 1.82) is 0 Å². The van der Waals surface area contributed by atoms with Gasteiger partial charge in [-0.05, 0) is 37.3 Å². The van der Waals surface area contributed by atoms with Crippen LogP contribution < -0.4 is 5.69 Å². The van der Waals surface area contributed by atoms with Gasteiger partial charge in [-0.15, -0.1) is 10.2 Å². The molecule has 1 N–H and O–H groups in total. The number of alkyl halides is 6. The van der Waals surface area contributed by atoms with Crippen LogP contribution in [0.1, 0.15) is 29.8 Å². The van der Waals surface area contributed by atoms with Crippen LogP contribution in [-0.4, -0.2) is 59.3 Å². The molecular weight excluding hydrogens is 598 g/mol. The van der Waals surface area contributed by atoms with Crippen LogP contribution in [0.3, 0.4) is 0 Å². The summed E-state index contributed by atoms with van der Waals surface area (Å²) in [6, 6.07) is 8.28. The highest BCUT2D eigenvalue weighted by atomic mass is 35.5. The molecule has 4 aromatic rings. The van der Waals surface area contributed by atoms with Gasteiger partial charge >= 0.3 is 24.0 Å². The van der Waals surface area contributed by atoms with E-state index in [1.54, 1.807) is 0 Å².